The molecule has 0 radical (unpaired) electrons. The quantitative estimate of drug-likeness (QED) is 0.439. The number of benzene rings is 2. The molecule has 38 heavy (non-hydrogen) atoms. The highest BCUT2D eigenvalue weighted by Crippen LogP contribution is 2.40. The second-order valence-electron chi connectivity index (χ2n) is 10.7. The van der Waals surface area contributed by atoms with E-state index >= 15 is 0 Å². The van der Waals surface area contributed by atoms with Gasteiger partial charge in [-0.1, -0.05) is 12.8 Å². The van der Waals surface area contributed by atoms with E-state index < -0.39 is 22.9 Å². The number of carbonyl (C=O) groups excluding carboxylic acids is 1. The third kappa shape index (κ3) is 5.06. The third-order valence-corrected chi connectivity index (χ3v) is 8.42. The molecule has 1 amide bonds. The number of amides is 1. The van der Waals surface area contributed by atoms with E-state index in [1.165, 1.54) is 12.1 Å². The molecule has 0 bridgehead atoms. The van der Waals surface area contributed by atoms with Crippen LogP contribution in [0.2, 0.25) is 0 Å². The first kappa shape index (κ1) is 26.4. The number of piperidine rings is 1. The zero-order valence-electron chi connectivity index (χ0n) is 21.8. The summed E-state index contributed by atoms with van der Waals surface area (Å²) in [6.07, 6.45) is 4.96. The standard InChI is InChI=1S/C30H33F2NO5/c1-18-23-8-10-26(37-17-20-6-7-22(31)15-25(20)32)19(2)28(23)38-29(35)24(18)9-11-27(34)33-14-13-30(36)12-4-3-5-21(30)16-33/h6-8,10,15,21,36H,3-5,9,11-14,16-17H2,1-2H3. The predicted octanol–water partition coefficient (Wildman–Crippen LogP) is 5.35. The molecular weight excluding hydrogens is 492 g/mol. The van der Waals surface area contributed by atoms with Crippen LogP contribution in [0.15, 0.2) is 39.5 Å². The van der Waals surface area contributed by atoms with Crippen molar-refractivity contribution in [3.8, 4) is 5.75 Å². The van der Waals surface area contributed by atoms with Crippen LogP contribution in [0.3, 0.4) is 0 Å². The number of likely N-dealkylation sites (tertiary alicyclic amines) is 1. The molecule has 2 heterocycles. The van der Waals surface area contributed by atoms with E-state index in [-0.39, 0.29) is 36.8 Å². The topological polar surface area (TPSA) is 80.0 Å². The Labute approximate surface area is 220 Å². The van der Waals surface area contributed by atoms with Gasteiger partial charge in [-0.3, -0.25) is 4.79 Å². The van der Waals surface area contributed by atoms with Gasteiger partial charge in [0.25, 0.3) is 0 Å². The van der Waals surface area contributed by atoms with Gasteiger partial charge in [-0.15, -0.1) is 0 Å². The summed E-state index contributed by atoms with van der Waals surface area (Å²) in [7, 11) is 0. The van der Waals surface area contributed by atoms with Gasteiger partial charge in [0.15, 0.2) is 0 Å². The van der Waals surface area contributed by atoms with Gasteiger partial charge >= 0.3 is 5.63 Å². The fourth-order valence-corrected chi connectivity index (χ4v) is 6.00. The number of ether oxygens (including phenoxy) is 1. The highest BCUT2D eigenvalue weighted by atomic mass is 19.1. The first-order valence-corrected chi connectivity index (χ1v) is 13.3. The minimum Gasteiger partial charge on any atom is -0.488 e. The highest BCUT2D eigenvalue weighted by Gasteiger charge is 2.43. The number of aryl methyl sites for hydroxylation is 2. The summed E-state index contributed by atoms with van der Waals surface area (Å²) in [4.78, 5) is 27.8. The summed E-state index contributed by atoms with van der Waals surface area (Å²) in [5, 5.41) is 11.6. The lowest BCUT2D eigenvalue weighted by molar-refractivity contribution is -0.143. The smallest absolute Gasteiger partial charge is 0.339 e. The number of halogens is 2. The molecule has 2 atom stereocenters. The molecule has 5 rings (SSSR count). The van der Waals surface area contributed by atoms with Gasteiger partial charge in [-0.25, -0.2) is 13.6 Å². The minimum absolute atomic E-state index is 0.00975. The summed E-state index contributed by atoms with van der Waals surface area (Å²) < 4.78 is 38.6. The van der Waals surface area contributed by atoms with E-state index in [0.717, 1.165) is 42.7 Å². The van der Waals surface area contributed by atoms with E-state index in [4.69, 9.17) is 9.15 Å². The Balaban J connectivity index is 1.29. The number of rotatable bonds is 6. The predicted molar refractivity (Wildman–Crippen MR) is 139 cm³/mol. The Morgan fingerprint density at radius 3 is 2.76 bits per heavy atom. The number of fused-ring (bicyclic) bond motifs is 2. The van der Waals surface area contributed by atoms with Crippen LogP contribution in [0.4, 0.5) is 8.78 Å². The molecule has 1 aromatic heterocycles. The molecule has 6 nitrogen and oxygen atoms in total. The van der Waals surface area contributed by atoms with Gasteiger partial charge < -0.3 is 19.2 Å². The van der Waals surface area contributed by atoms with Crippen molar-refractivity contribution in [2.24, 2.45) is 5.92 Å². The largest absolute Gasteiger partial charge is 0.488 e. The van der Waals surface area contributed by atoms with Gasteiger partial charge in [-0.2, -0.15) is 0 Å². The highest BCUT2D eigenvalue weighted by molar-refractivity contribution is 5.86. The van der Waals surface area contributed by atoms with Gasteiger partial charge in [0.1, 0.15) is 29.6 Å². The van der Waals surface area contributed by atoms with Crippen molar-refractivity contribution in [3.63, 3.8) is 0 Å². The fourth-order valence-electron chi connectivity index (χ4n) is 6.00. The van der Waals surface area contributed by atoms with Gasteiger partial charge in [-0.05, 0) is 69.4 Å². The minimum atomic E-state index is -0.691. The molecule has 1 aliphatic carbocycles. The van der Waals surface area contributed by atoms with Crippen LogP contribution in [0.5, 0.6) is 5.75 Å². The molecule has 2 unspecified atom stereocenters. The number of hydrogen-bond acceptors (Lipinski definition) is 5. The number of hydrogen-bond donors (Lipinski definition) is 1. The van der Waals surface area contributed by atoms with E-state index in [1.54, 1.807) is 19.1 Å². The van der Waals surface area contributed by atoms with E-state index in [1.807, 2.05) is 11.8 Å². The molecule has 2 aromatic carbocycles. The molecular formula is C30H33F2NO5. The fraction of sp³-hybridized carbons (Fsp3) is 0.467. The molecule has 1 N–H and O–H groups in total. The van der Waals surface area contributed by atoms with Crippen LogP contribution in [0.1, 0.15) is 60.8 Å². The zero-order chi connectivity index (χ0) is 27.0. The average molecular weight is 526 g/mol. The van der Waals surface area contributed by atoms with Gasteiger partial charge in [0.2, 0.25) is 5.91 Å². The number of carbonyl (C=O) groups is 1. The molecule has 2 fully saturated rings. The van der Waals surface area contributed by atoms with Crippen LogP contribution >= 0.6 is 0 Å². The third-order valence-electron chi connectivity index (χ3n) is 8.42. The van der Waals surface area contributed by atoms with Crippen molar-refractivity contribution in [1.29, 1.82) is 0 Å². The summed E-state index contributed by atoms with van der Waals surface area (Å²) in [5.41, 5.74) is 1.28. The molecule has 1 aliphatic heterocycles. The van der Waals surface area contributed by atoms with Crippen molar-refractivity contribution < 1.29 is 27.8 Å². The molecule has 2 aliphatic rings. The lowest BCUT2D eigenvalue weighted by Gasteiger charge is -2.47. The Hall–Kier alpha value is -3.26. The maximum atomic E-state index is 14.0. The summed E-state index contributed by atoms with van der Waals surface area (Å²) in [5.74, 6) is -0.802. The van der Waals surface area contributed by atoms with Crippen molar-refractivity contribution in [1.82, 2.24) is 4.90 Å². The lowest BCUT2D eigenvalue weighted by Crippen LogP contribution is -2.54. The molecule has 8 heteroatoms. The molecule has 1 saturated heterocycles. The van der Waals surface area contributed by atoms with Crippen molar-refractivity contribution in [2.45, 2.75) is 71.0 Å². The average Bonchev–Trinajstić information content (AvgIpc) is 2.88. The van der Waals surface area contributed by atoms with Crippen LogP contribution in [-0.2, 0) is 17.8 Å². The number of nitrogens with zero attached hydrogens (tertiary/aromatic N) is 1. The molecule has 0 spiro atoms. The SMILES string of the molecule is Cc1c(CCC(=O)N2CCC3(O)CCCCC3C2)c(=O)oc2c(C)c(OCc3ccc(F)cc3F)ccc12. The maximum Gasteiger partial charge on any atom is 0.339 e. The van der Waals surface area contributed by atoms with Crippen molar-refractivity contribution in [2.75, 3.05) is 13.1 Å². The van der Waals surface area contributed by atoms with Gasteiger partial charge in [0.05, 0.1) is 5.60 Å². The monoisotopic (exact) mass is 525 g/mol. The first-order chi connectivity index (χ1) is 18.2. The van der Waals surface area contributed by atoms with Crippen molar-refractivity contribution in [3.05, 3.63) is 74.6 Å². The molecule has 1 saturated carbocycles. The normalized spacial score (nSPS) is 21.4. The van der Waals surface area contributed by atoms with E-state index in [2.05, 4.69) is 0 Å². The Kier molecular flexibility index (Phi) is 7.27. The van der Waals surface area contributed by atoms with Gasteiger partial charge in [0, 0.05) is 53.6 Å². The van der Waals surface area contributed by atoms with Crippen LogP contribution in [0, 0.1) is 31.4 Å². The lowest BCUT2D eigenvalue weighted by atomic mass is 9.71. The number of aliphatic hydroxyl groups is 1. The first-order valence-electron chi connectivity index (χ1n) is 13.3. The van der Waals surface area contributed by atoms with Crippen LogP contribution in [-0.4, -0.2) is 34.6 Å². The Morgan fingerprint density at radius 1 is 1.16 bits per heavy atom. The second-order valence-corrected chi connectivity index (χ2v) is 10.7. The van der Waals surface area contributed by atoms with Crippen LogP contribution < -0.4 is 10.4 Å². The summed E-state index contributed by atoms with van der Waals surface area (Å²) in [6, 6.07) is 6.83. The molecule has 202 valence electrons. The van der Waals surface area contributed by atoms with Crippen molar-refractivity contribution >= 4 is 16.9 Å². The van der Waals surface area contributed by atoms with Crippen LogP contribution in [0.25, 0.3) is 11.0 Å². The Morgan fingerprint density at radius 2 is 1.97 bits per heavy atom. The maximum absolute atomic E-state index is 14.0. The summed E-state index contributed by atoms with van der Waals surface area (Å²) in [6.45, 7) is 4.62. The zero-order valence-corrected chi connectivity index (χ0v) is 21.8. The molecule has 3 aromatic rings. The second kappa shape index (κ2) is 10.5. The Bertz CT molecular complexity index is 1430. The van der Waals surface area contributed by atoms with E-state index in [9.17, 15) is 23.5 Å². The summed E-state index contributed by atoms with van der Waals surface area (Å²) >= 11 is 0. The van der Waals surface area contributed by atoms with E-state index in [0.29, 0.717) is 42.0 Å².